The summed E-state index contributed by atoms with van der Waals surface area (Å²) in [6.45, 7) is 1.07. The molecule has 0 radical (unpaired) electrons. The number of carbonyl (C=O) groups excluding carboxylic acids is 2. The molecule has 4 N–H and O–H groups in total. The van der Waals surface area contributed by atoms with E-state index >= 15 is 0 Å². The summed E-state index contributed by atoms with van der Waals surface area (Å²) >= 11 is 0. The molecule has 0 unspecified atom stereocenters. The predicted molar refractivity (Wildman–Crippen MR) is 87.3 cm³/mol. The summed E-state index contributed by atoms with van der Waals surface area (Å²) in [6, 6.07) is 13.8. The number of amides is 2. The van der Waals surface area contributed by atoms with E-state index in [4.69, 9.17) is 5.73 Å². The fourth-order valence-electron chi connectivity index (χ4n) is 2.25. The van der Waals surface area contributed by atoms with Crippen molar-refractivity contribution < 1.29 is 9.59 Å². The van der Waals surface area contributed by atoms with Crippen molar-refractivity contribution >= 4 is 22.6 Å². The zero-order valence-corrected chi connectivity index (χ0v) is 12.5. The van der Waals surface area contributed by atoms with Crippen LogP contribution in [0.4, 0.5) is 0 Å². The second-order valence-corrected chi connectivity index (χ2v) is 5.08. The average Bonchev–Trinajstić information content (AvgIpc) is 2.54. The van der Waals surface area contributed by atoms with Crippen LogP contribution in [0.25, 0.3) is 10.8 Å². The molecule has 2 aromatic rings. The minimum absolute atomic E-state index is 0.00578. The molecule has 116 valence electrons. The number of nitrogens with one attached hydrogen (secondary N) is 2. The molecule has 0 bridgehead atoms. The van der Waals surface area contributed by atoms with E-state index in [9.17, 15) is 9.59 Å². The van der Waals surface area contributed by atoms with Crippen molar-refractivity contribution in [1.82, 2.24) is 10.6 Å². The SMILES string of the molecule is NCCCNC(=O)CNC(=O)Cc1cccc2ccccc12. The van der Waals surface area contributed by atoms with Crippen LogP contribution in [0.1, 0.15) is 12.0 Å². The van der Waals surface area contributed by atoms with Gasteiger partial charge in [-0.1, -0.05) is 42.5 Å². The fraction of sp³-hybridized carbons (Fsp3) is 0.294. The fourth-order valence-corrected chi connectivity index (χ4v) is 2.25. The minimum atomic E-state index is -0.195. The molecule has 0 atom stereocenters. The van der Waals surface area contributed by atoms with Crippen molar-refractivity contribution in [3.63, 3.8) is 0 Å². The molecule has 0 heterocycles. The molecule has 0 saturated carbocycles. The Hall–Kier alpha value is -2.40. The summed E-state index contributed by atoms with van der Waals surface area (Å²) in [5.41, 5.74) is 6.30. The molecule has 2 rings (SSSR count). The van der Waals surface area contributed by atoms with Crippen LogP contribution in [0.5, 0.6) is 0 Å². The van der Waals surface area contributed by atoms with E-state index in [1.54, 1.807) is 0 Å². The normalized spacial score (nSPS) is 10.4. The zero-order valence-electron chi connectivity index (χ0n) is 12.5. The monoisotopic (exact) mass is 299 g/mol. The van der Waals surface area contributed by atoms with Gasteiger partial charge in [0.1, 0.15) is 0 Å². The van der Waals surface area contributed by atoms with Crippen molar-refractivity contribution in [3.8, 4) is 0 Å². The summed E-state index contributed by atoms with van der Waals surface area (Å²) in [4.78, 5) is 23.5. The second kappa shape index (κ2) is 8.14. The third kappa shape index (κ3) is 4.56. The first-order valence-electron chi connectivity index (χ1n) is 7.41. The van der Waals surface area contributed by atoms with Crippen LogP contribution in [-0.4, -0.2) is 31.4 Å². The standard InChI is InChI=1S/C17H21N3O2/c18-9-4-10-19-17(22)12-20-16(21)11-14-7-3-6-13-5-1-2-8-15(13)14/h1-3,5-8H,4,9-12,18H2,(H,19,22)(H,20,21). The number of hydrogen-bond acceptors (Lipinski definition) is 3. The van der Waals surface area contributed by atoms with Gasteiger partial charge in [0.05, 0.1) is 13.0 Å². The number of fused-ring (bicyclic) bond motifs is 1. The summed E-state index contributed by atoms with van der Waals surface area (Å²) in [7, 11) is 0. The summed E-state index contributed by atoms with van der Waals surface area (Å²) < 4.78 is 0. The van der Waals surface area contributed by atoms with Crippen molar-refractivity contribution in [2.24, 2.45) is 5.73 Å². The van der Waals surface area contributed by atoms with E-state index < -0.39 is 0 Å². The van der Waals surface area contributed by atoms with Gasteiger partial charge < -0.3 is 16.4 Å². The number of carbonyl (C=O) groups is 2. The van der Waals surface area contributed by atoms with E-state index in [0.717, 1.165) is 22.8 Å². The van der Waals surface area contributed by atoms with E-state index in [-0.39, 0.29) is 24.8 Å². The van der Waals surface area contributed by atoms with Crippen LogP contribution in [0.15, 0.2) is 42.5 Å². The van der Waals surface area contributed by atoms with Crippen LogP contribution in [-0.2, 0) is 16.0 Å². The maximum atomic E-state index is 12.0. The maximum absolute atomic E-state index is 12.0. The van der Waals surface area contributed by atoms with Gasteiger partial charge in [0.2, 0.25) is 11.8 Å². The van der Waals surface area contributed by atoms with E-state index in [1.807, 2.05) is 42.5 Å². The lowest BCUT2D eigenvalue weighted by molar-refractivity contribution is -0.125. The molecule has 0 spiro atoms. The Bertz CT molecular complexity index is 650. The second-order valence-electron chi connectivity index (χ2n) is 5.08. The van der Waals surface area contributed by atoms with Gasteiger partial charge in [-0.2, -0.15) is 0 Å². The van der Waals surface area contributed by atoms with Crippen molar-refractivity contribution in [1.29, 1.82) is 0 Å². The molecule has 5 heteroatoms. The molecule has 0 aliphatic heterocycles. The molecule has 0 saturated heterocycles. The van der Waals surface area contributed by atoms with Gasteiger partial charge in [-0.15, -0.1) is 0 Å². The van der Waals surface area contributed by atoms with Gasteiger partial charge in [-0.05, 0) is 29.3 Å². The number of benzene rings is 2. The first kappa shape index (κ1) is 16.0. The molecule has 5 nitrogen and oxygen atoms in total. The predicted octanol–water partition coefficient (Wildman–Crippen LogP) is 0.964. The lowest BCUT2D eigenvalue weighted by Gasteiger charge is -2.08. The van der Waals surface area contributed by atoms with Gasteiger partial charge in [0.15, 0.2) is 0 Å². The quantitative estimate of drug-likeness (QED) is 0.666. The van der Waals surface area contributed by atoms with E-state index in [1.165, 1.54) is 0 Å². The van der Waals surface area contributed by atoms with Gasteiger partial charge in [-0.25, -0.2) is 0 Å². The largest absolute Gasteiger partial charge is 0.355 e. The van der Waals surface area contributed by atoms with Gasteiger partial charge in [0.25, 0.3) is 0 Å². The maximum Gasteiger partial charge on any atom is 0.239 e. The Kier molecular flexibility index (Phi) is 5.91. The number of nitrogens with two attached hydrogens (primary N) is 1. The molecule has 22 heavy (non-hydrogen) atoms. The molecule has 0 aromatic heterocycles. The molecular weight excluding hydrogens is 278 g/mol. The summed E-state index contributed by atoms with van der Waals surface area (Å²) in [5, 5.41) is 7.51. The van der Waals surface area contributed by atoms with Crippen LogP contribution in [0, 0.1) is 0 Å². The van der Waals surface area contributed by atoms with E-state index in [0.29, 0.717) is 13.1 Å². The van der Waals surface area contributed by atoms with Gasteiger partial charge in [0, 0.05) is 6.54 Å². The Morgan fingerprint density at radius 1 is 0.955 bits per heavy atom. The third-order valence-electron chi connectivity index (χ3n) is 3.38. The first-order valence-corrected chi connectivity index (χ1v) is 7.41. The summed E-state index contributed by atoms with van der Waals surface area (Å²) in [6.07, 6.45) is 0.993. The van der Waals surface area contributed by atoms with Crippen LogP contribution < -0.4 is 16.4 Å². The highest BCUT2D eigenvalue weighted by atomic mass is 16.2. The third-order valence-corrected chi connectivity index (χ3v) is 3.38. The molecule has 2 amide bonds. The molecule has 0 fully saturated rings. The highest BCUT2D eigenvalue weighted by Crippen LogP contribution is 2.18. The Balaban J connectivity index is 1.87. The number of rotatable bonds is 7. The van der Waals surface area contributed by atoms with Gasteiger partial charge >= 0.3 is 0 Å². The highest BCUT2D eigenvalue weighted by Gasteiger charge is 2.08. The zero-order chi connectivity index (χ0) is 15.8. The van der Waals surface area contributed by atoms with Crippen LogP contribution in [0.3, 0.4) is 0 Å². The van der Waals surface area contributed by atoms with E-state index in [2.05, 4.69) is 10.6 Å². The average molecular weight is 299 g/mol. The summed E-state index contributed by atoms with van der Waals surface area (Å²) in [5.74, 6) is -0.356. The lowest BCUT2D eigenvalue weighted by Crippen LogP contribution is -2.38. The topological polar surface area (TPSA) is 84.2 Å². The Labute approximate surface area is 129 Å². The molecule has 0 aliphatic carbocycles. The van der Waals surface area contributed by atoms with Crippen molar-refractivity contribution in [2.45, 2.75) is 12.8 Å². The smallest absolute Gasteiger partial charge is 0.239 e. The van der Waals surface area contributed by atoms with Crippen LogP contribution >= 0.6 is 0 Å². The Morgan fingerprint density at radius 2 is 1.73 bits per heavy atom. The minimum Gasteiger partial charge on any atom is -0.355 e. The molecule has 2 aromatic carbocycles. The first-order chi connectivity index (χ1) is 10.7. The van der Waals surface area contributed by atoms with Gasteiger partial charge in [-0.3, -0.25) is 9.59 Å². The lowest BCUT2D eigenvalue weighted by atomic mass is 10.0. The van der Waals surface area contributed by atoms with Crippen LogP contribution in [0.2, 0.25) is 0 Å². The van der Waals surface area contributed by atoms with Crippen molar-refractivity contribution in [3.05, 3.63) is 48.0 Å². The Morgan fingerprint density at radius 3 is 2.55 bits per heavy atom. The molecule has 0 aliphatic rings. The molecular formula is C17H21N3O2. The number of hydrogen-bond donors (Lipinski definition) is 3. The highest BCUT2D eigenvalue weighted by molar-refractivity contribution is 5.91. The van der Waals surface area contributed by atoms with Crippen molar-refractivity contribution in [2.75, 3.05) is 19.6 Å².